The fourth-order valence-electron chi connectivity index (χ4n) is 3.85. The largest absolute Gasteiger partial charge is 0.283 e. The molecule has 2 aromatic heterocycles. The van der Waals surface area contributed by atoms with E-state index >= 15 is 0 Å². The average molecular weight is 487 g/mol. The minimum Gasteiger partial charge on any atom is -0.258 e. The molecule has 0 radical (unpaired) electrons. The number of H-pyrrole nitrogens is 1. The van der Waals surface area contributed by atoms with Crippen molar-refractivity contribution < 1.29 is 4.92 Å². The zero-order valence-corrected chi connectivity index (χ0v) is 19.5. The fraction of sp³-hybridized carbons (Fsp3) is 0.167. The Balaban J connectivity index is 1.39. The lowest BCUT2D eigenvalue weighted by atomic mass is 9.96. The summed E-state index contributed by atoms with van der Waals surface area (Å²) >= 11 is 2.67. The summed E-state index contributed by atoms with van der Waals surface area (Å²) in [6.45, 7) is 0. The minimum atomic E-state index is -0.422. The quantitative estimate of drug-likeness (QED) is 0.200. The summed E-state index contributed by atoms with van der Waals surface area (Å²) in [5.41, 5.74) is 3.17. The molecule has 5 rings (SSSR count). The molecule has 2 heterocycles. The van der Waals surface area contributed by atoms with Crippen LogP contribution in [0.1, 0.15) is 34.4 Å². The summed E-state index contributed by atoms with van der Waals surface area (Å²) in [5.74, 6) is 0.599. The highest BCUT2D eigenvalue weighted by Crippen LogP contribution is 2.39. The number of hydrogen-bond donors (Lipinski definition) is 1. The van der Waals surface area contributed by atoms with Gasteiger partial charge in [-0.3, -0.25) is 15.2 Å². The molecule has 0 spiro atoms. The summed E-state index contributed by atoms with van der Waals surface area (Å²) in [5, 5.41) is 29.5. The molecule has 1 aliphatic rings. The molecule has 1 N–H and O–H groups in total. The van der Waals surface area contributed by atoms with Gasteiger partial charge in [0.2, 0.25) is 5.16 Å². The Morgan fingerprint density at radius 1 is 1.21 bits per heavy atom. The van der Waals surface area contributed by atoms with E-state index in [0.29, 0.717) is 32.0 Å². The third kappa shape index (κ3) is 4.48. The van der Waals surface area contributed by atoms with Crippen molar-refractivity contribution in [2.24, 2.45) is 4.99 Å². The van der Waals surface area contributed by atoms with Crippen molar-refractivity contribution in [2.75, 3.05) is 0 Å². The fourth-order valence-corrected chi connectivity index (χ4v) is 5.83. The number of aryl methyl sites for hydroxylation is 1. The molecule has 4 aromatic rings. The van der Waals surface area contributed by atoms with Crippen molar-refractivity contribution in [3.63, 3.8) is 0 Å². The summed E-state index contributed by atoms with van der Waals surface area (Å²) in [6.07, 6.45) is 5.69. The highest BCUT2D eigenvalue weighted by molar-refractivity contribution is 7.99. The molecule has 8 nitrogen and oxygen atoms in total. The van der Waals surface area contributed by atoms with E-state index < -0.39 is 4.92 Å². The zero-order valence-electron chi connectivity index (χ0n) is 17.9. The maximum absolute atomic E-state index is 11.8. The summed E-state index contributed by atoms with van der Waals surface area (Å²) < 4.78 is 0. The third-order valence-corrected chi connectivity index (χ3v) is 7.62. The second kappa shape index (κ2) is 9.59. The van der Waals surface area contributed by atoms with Gasteiger partial charge in [-0.2, -0.15) is 5.26 Å². The van der Waals surface area contributed by atoms with Crippen LogP contribution in [-0.2, 0) is 12.8 Å². The second-order valence-electron chi connectivity index (χ2n) is 7.68. The molecule has 0 atom stereocenters. The molecule has 10 heteroatoms. The van der Waals surface area contributed by atoms with E-state index in [-0.39, 0.29) is 5.69 Å². The number of nitriles is 1. The van der Waals surface area contributed by atoms with Crippen molar-refractivity contribution in [1.82, 2.24) is 15.2 Å². The van der Waals surface area contributed by atoms with Crippen LogP contribution in [0.25, 0.3) is 11.4 Å². The standard InChI is InChI=1S/C24H18N6O2S2/c25-13-18-17-8-4-5-9-20(17)33-23(18)26-14-15-10-11-21(19(12-15)30(31)32)34-24-27-22(28-29-24)16-6-2-1-3-7-16/h1-3,6-7,10-12,14H,4-5,8-9H2,(H,27,28,29). The van der Waals surface area contributed by atoms with Gasteiger partial charge in [0.25, 0.3) is 5.69 Å². The highest BCUT2D eigenvalue weighted by atomic mass is 32.2. The predicted octanol–water partition coefficient (Wildman–Crippen LogP) is 6.09. The van der Waals surface area contributed by atoms with Crippen molar-refractivity contribution in [1.29, 1.82) is 5.26 Å². The first-order valence-corrected chi connectivity index (χ1v) is 12.3. The van der Waals surface area contributed by atoms with Gasteiger partial charge < -0.3 is 0 Å². The molecule has 0 fully saturated rings. The molecular weight excluding hydrogens is 468 g/mol. The van der Waals surface area contributed by atoms with E-state index in [0.717, 1.165) is 48.6 Å². The Bertz CT molecular complexity index is 1440. The van der Waals surface area contributed by atoms with Crippen molar-refractivity contribution in [3.05, 3.63) is 80.2 Å². The maximum Gasteiger partial charge on any atom is 0.283 e. The molecule has 0 aliphatic heterocycles. The molecule has 0 saturated carbocycles. The number of rotatable bonds is 6. The van der Waals surface area contributed by atoms with Gasteiger partial charge in [0, 0.05) is 22.7 Å². The smallest absolute Gasteiger partial charge is 0.258 e. The molecule has 0 bridgehead atoms. The van der Waals surface area contributed by atoms with Gasteiger partial charge in [-0.05, 0) is 54.6 Å². The lowest BCUT2D eigenvalue weighted by Crippen LogP contribution is -1.99. The first-order chi connectivity index (χ1) is 16.6. The molecule has 2 aromatic carbocycles. The number of nitrogens with one attached hydrogen (secondary N) is 1. The maximum atomic E-state index is 11.8. The van der Waals surface area contributed by atoms with Crippen molar-refractivity contribution in [2.45, 2.75) is 35.7 Å². The van der Waals surface area contributed by atoms with E-state index in [1.54, 1.807) is 29.7 Å². The number of aliphatic imine (C=N–C) groups is 1. The normalized spacial score (nSPS) is 13.0. The van der Waals surface area contributed by atoms with Crippen LogP contribution in [-0.4, -0.2) is 26.3 Å². The van der Waals surface area contributed by atoms with Gasteiger partial charge in [-0.15, -0.1) is 16.4 Å². The number of aromatic nitrogens is 3. The van der Waals surface area contributed by atoms with Gasteiger partial charge in [0.1, 0.15) is 11.1 Å². The summed E-state index contributed by atoms with van der Waals surface area (Å²) in [7, 11) is 0. The van der Waals surface area contributed by atoms with Gasteiger partial charge in [0.05, 0.1) is 15.4 Å². The molecule has 34 heavy (non-hydrogen) atoms. The van der Waals surface area contributed by atoms with Crippen LogP contribution in [0.4, 0.5) is 10.7 Å². The molecule has 0 saturated heterocycles. The van der Waals surface area contributed by atoms with Crippen molar-refractivity contribution >= 4 is 40.0 Å². The number of nitro groups is 1. The van der Waals surface area contributed by atoms with Crippen LogP contribution in [0.2, 0.25) is 0 Å². The van der Waals surface area contributed by atoms with E-state index in [1.165, 1.54) is 10.9 Å². The summed E-state index contributed by atoms with van der Waals surface area (Å²) in [4.78, 5) is 22.0. The minimum absolute atomic E-state index is 0.0500. The number of nitrogens with zero attached hydrogens (tertiary/aromatic N) is 5. The first-order valence-electron chi connectivity index (χ1n) is 10.6. The van der Waals surface area contributed by atoms with E-state index in [4.69, 9.17) is 0 Å². The van der Waals surface area contributed by atoms with Crippen LogP contribution in [0.3, 0.4) is 0 Å². The van der Waals surface area contributed by atoms with E-state index in [9.17, 15) is 15.4 Å². The summed E-state index contributed by atoms with van der Waals surface area (Å²) in [6, 6.07) is 16.8. The molecular formula is C24H18N6O2S2. The number of benzene rings is 2. The highest BCUT2D eigenvalue weighted by Gasteiger charge is 2.21. The van der Waals surface area contributed by atoms with Gasteiger partial charge >= 0.3 is 0 Å². The molecule has 168 valence electrons. The third-order valence-electron chi connectivity index (χ3n) is 5.49. The number of aromatic amines is 1. The molecule has 1 aliphatic carbocycles. The van der Waals surface area contributed by atoms with Crippen molar-refractivity contribution in [3.8, 4) is 17.5 Å². The molecule has 0 unspecified atom stereocenters. The Morgan fingerprint density at radius 2 is 2.03 bits per heavy atom. The monoisotopic (exact) mass is 486 g/mol. The lowest BCUT2D eigenvalue weighted by molar-refractivity contribution is -0.387. The Hall–Kier alpha value is -3.81. The SMILES string of the molecule is N#Cc1c(N=Cc2ccc(Sc3n[nH]c(-c4ccccc4)n3)c([N+](=O)[O-])c2)sc2c1CCCC2. The number of thiophene rings is 1. The van der Waals surface area contributed by atoms with Crippen LogP contribution >= 0.6 is 23.1 Å². The molecule has 0 amide bonds. The Labute approximate surface area is 203 Å². The predicted molar refractivity (Wildman–Crippen MR) is 132 cm³/mol. The number of hydrogen-bond acceptors (Lipinski definition) is 8. The van der Waals surface area contributed by atoms with Gasteiger partial charge in [0.15, 0.2) is 5.82 Å². The Morgan fingerprint density at radius 3 is 2.82 bits per heavy atom. The zero-order chi connectivity index (χ0) is 23.5. The average Bonchev–Trinajstić information content (AvgIpc) is 3.48. The van der Waals surface area contributed by atoms with Crippen LogP contribution < -0.4 is 0 Å². The number of nitro benzene ring substituents is 1. The second-order valence-corrected chi connectivity index (χ2v) is 9.77. The Kier molecular flexibility index (Phi) is 6.20. The van der Waals surface area contributed by atoms with Crippen LogP contribution in [0, 0.1) is 21.4 Å². The van der Waals surface area contributed by atoms with Gasteiger partial charge in [-0.1, -0.05) is 36.4 Å². The topological polar surface area (TPSA) is 121 Å². The van der Waals surface area contributed by atoms with E-state index in [2.05, 4.69) is 26.2 Å². The first kappa shape index (κ1) is 22.0. The lowest BCUT2D eigenvalue weighted by Gasteiger charge is -2.09. The number of fused-ring (bicyclic) bond motifs is 1. The van der Waals surface area contributed by atoms with Crippen LogP contribution in [0.5, 0.6) is 0 Å². The van der Waals surface area contributed by atoms with Gasteiger partial charge in [-0.25, -0.2) is 9.98 Å². The van der Waals surface area contributed by atoms with E-state index in [1.807, 2.05) is 30.3 Å². The van der Waals surface area contributed by atoms with Crippen LogP contribution in [0.15, 0.2) is 63.6 Å².